The SMILES string of the molecule is O=C(Nc1c(-c2ccc3ccccc3c2)[nH]c2cccc[n+]12)c1ccc(Cl)cc1. The van der Waals surface area contributed by atoms with Crippen LogP contribution >= 0.6 is 11.6 Å². The normalized spacial score (nSPS) is 11.1. The molecule has 0 atom stereocenters. The first-order valence-corrected chi connectivity index (χ1v) is 9.65. The summed E-state index contributed by atoms with van der Waals surface area (Å²) in [7, 11) is 0. The average Bonchev–Trinajstić information content (AvgIpc) is 3.12. The highest BCUT2D eigenvalue weighted by molar-refractivity contribution is 6.30. The van der Waals surface area contributed by atoms with Gasteiger partial charge < -0.3 is 0 Å². The van der Waals surface area contributed by atoms with E-state index in [4.69, 9.17) is 11.6 Å². The fourth-order valence-electron chi connectivity index (χ4n) is 3.51. The van der Waals surface area contributed by atoms with Gasteiger partial charge in [0.2, 0.25) is 5.65 Å². The number of H-pyrrole nitrogens is 1. The maximum absolute atomic E-state index is 12.9. The number of hydrogen-bond acceptors (Lipinski definition) is 1. The molecule has 4 nitrogen and oxygen atoms in total. The molecule has 0 aliphatic rings. The summed E-state index contributed by atoms with van der Waals surface area (Å²) in [4.78, 5) is 16.3. The molecule has 0 bridgehead atoms. The van der Waals surface area contributed by atoms with E-state index in [1.165, 1.54) is 5.39 Å². The molecule has 0 saturated carbocycles. The predicted octanol–water partition coefficient (Wildman–Crippen LogP) is 5.48. The van der Waals surface area contributed by atoms with Gasteiger partial charge in [-0.3, -0.25) is 9.78 Å². The summed E-state index contributed by atoms with van der Waals surface area (Å²) in [5.74, 6) is 0.497. The van der Waals surface area contributed by atoms with Crippen LogP contribution in [0.4, 0.5) is 5.82 Å². The Morgan fingerprint density at radius 2 is 1.62 bits per heavy atom. The van der Waals surface area contributed by atoms with Gasteiger partial charge in [-0.2, -0.15) is 0 Å². The molecule has 2 N–H and O–H groups in total. The smallest absolute Gasteiger partial charge is 0.267 e. The summed E-state index contributed by atoms with van der Waals surface area (Å²) < 4.78 is 1.94. The fraction of sp³-hybridized carbons (Fsp3) is 0. The van der Waals surface area contributed by atoms with Crippen LogP contribution in [0, 0.1) is 0 Å². The lowest BCUT2D eigenvalue weighted by Crippen LogP contribution is -2.26. The quantitative estimate of drug-likeness (QED) is 0.388. The Kier molecular flexibility index (Phi) is 4.26. The number of benzene rings is 3. The van der Waals surface area contributed by atoms with Crippen LogP contribution in [0.1, 0.15) is 10.4 Å². The Morgan fingerprint density at radius 3 is 2.45 bits per heavy atom. The van der Waals surface area contributed by atoms with Crippen LogP contribution in [0.5, 0.6) is 0 Å². The summed E-state index contributed by atoms with van der Waals surface area (Å²) in [6.45, 7) is 0. The lowest BCUT2D eigenvalue weighted by atomic mass is 10.0. The van der Waals surface area contributed by atoms with Crippen LogP contribution in [0.15, 0.2) is 91.1 Å². The van der Waals surface area contributed by atoms with Gasteiger partial charge in [0.15, 0.2) is 5.69 Å². The largest absolute Gasteiger partial charge is 0.311 e. The van der Waals surface area contributed by atoms with Crippen LogP contribution in [0.3, 0.4) is 0 Å². The molecule has 2 aromatic heterocycles. The zero-order chi connectivity index (χ0) is 19.8. The van der Waals surface area contributed by atoms with E-state index >= 15 is 0 Å². The highest BCUT2D eigenvalue weighted by Gasteiger charge is 2.23. The third-order valence-corrected chi connectivity index (χ3v) is 5.22. The number of amides is 1. The van der Waals surface area contributed by atoms with Crippen molar-refractivity contribution < 1.29 is 9.20 Å². The lowest BCUT2D eigenvalue weighted by Gasteiger charge is -2.04. The van der Waals surface area contributed by atoms with Gasteiger partial charge in [0.25, 0.3) is 5.82 Å². The Bertz CT molecular complexity index is 1360. The second kappa shape index (κ2) is 7.08. The number of fused-ring (bicyclic) bond motifs is 2. The molecule has 140 valence electrons. The molecule has 5 heteroatoms. The maximum atomic E-state index is 12.9. The van der Waals surface area contributed by atoms with Crippen molar-refractivity contribution in [1.29, 1.82) is 0 Å². The molecule has 0 aliphatic carbocycles. The van der Waals surface area contributed by atoms with Crippen LogP contribution in [-0.2, 0) is 0 Å². The van der Waals surface area contributed by atoms with Crippen molar-refractivity contribution in [2.24, 2.45) is 0 Å². The summed E-state index contributed by atoms with van der Waals surface area (Å²) in [5, 5.41) is 5.98. The minimum absolute atomic E-state index is 0.194. The number of imidazole rings is 1. The second-order valence-electron chi connectivity index (χ2n) is 6.83. The predicted molar refractivity (Wildman–Crippen MR) is 116 cm³/mol. The first-order chi connectivity index (χ1) is 14.2. The van der Waals surface area contributed by atoms with Crippen LogP contribution in [-0.4, -0.2) is 10.9 Å². The summed E-state index contributed by atoms with van der Waals surface area (Å²) in [5.41, 5.74) is 3.29. The van der Waals surface area contributed by atoms with E-state index in [2.05, 4.69) is 40.6 Å². The van der Waals surface area contributed by atoms with Crippen molar-refractivity contribution >= 4 is 39.7 Å². The number of pyridine rings is 1. The first-order valence-electron chi connectivity index (χ1n) is 9.27. The molecule has 3 aromatic carbocycles. The molecule has 2 heterocycles. The molecule has 0 radical (unpaired) electrons. The number of carbonyl (C=O) groups excluding carboxylic acids is 1. The zero-order valence-corrected chi connectivity index (χ0v) is 16.1. The van der Waals surface area contributed by atoms with E-state index in [0.29, 0.717) is 16.4 Å². The monoisotopic (exact) mass is 398 g/mol. The second-order valence-corrected chi connectivity index (χ2v) is 7.26. The Hall–Kier alpha value is -3.63. The zero-order valence-electron chi connectivity index (χ0n) is 15.4. The van der Waals surface area contributed by atoms with Gasteiger partial charge in [0.05, 0.1) is 11.8 Å². The number of nitrogens with one attached hydrogen (secondary N) is 2. The molecule has 5 aromatic rings. The number of carbonyl (C=O) groups is 1. The summed E-state index contributed by atoms with van der Waals surface area (Å²) >= 11 is 5.95. The summed E-state index contributed by atoms with van der Waals surface area (Å²) in [6, 6.07) is 27.2. The minimum Gasteiger partial charge on any atom is -0.267 e. The van der Waals surface area contributed by atoms with Gasteiger partial charge in [-0.15, -0.1) is 0 Å². The number of aromatic nitrogens is 2. The van der Waals surface area contributed by atoms with Crippen molar-refractivity contribution in [2.45, 2.75) is 0 Å². The first kappa shape index (κ1) is 17.5. The van der Waals surface area contributed by atoms with Crippen molar-refractivity contribution in [3.8, 4) is 11.3 Å². The van der Waals surface area contributed by atoms with E-state index in [1.807, 2.05) is 40.9 Å². The highest BCUT2D eigenvalue weighted by atomic mass is 35.5. The van der Waals surface area contributed by atoms with Crippen LogP contribution in [0.25, 0.3) is 27.7 Å². The highest BCUT2D eigenvalue weighted by Crippen LogP contribution is 2.28. The van der Waals surface area contributed by atoms with Crippen molar-refractivity contribution in [1.82, 2.24) is 4.98 Å². The van der Waals surface area contributed by atoms with Crippen LogP contribution in [0.2, 0.25) is 5.02 Å². The molecule has 5 rings (SSSR count). The van der Waals surface area contributed by atoms with Gasteiger partial charge in [-0.05, 0) is 47.2 Å². The maximum Gasteiger partial charge on any atom is 0.311 e. The van der Waals surface area contributed by atoms with Crippen molar-refractivity contribution in [3.05, 3.63) is 102 Å². The van der Waals surface area contributed by atoms with E-state index in [0.717, 1.165) is 22.3 Å². The number of halogens is 1. The van der Waals surface area contributed by atoms with Gasteiger partial charge >= 0.3 is 5.91 Å². The molecule has 0 aliphatic heterocycles. The van der Waals surface area contributed by atoms with Crippen LogP contribution < -0.4 is 9.72 Å². The number of aromatic amines is 1. The molecular weight excluding hydrogens is 382 g/mol. The molecule has 0 unspecified atom stereocenters. The van der Waals surface area contributed by atoms with E-state index in [-0.39, 0.29) is 5.91 Å². The third-order valence-electron chi connectivity index (χ3n) is 4.97. The Balaban J connectivity index is 1.63. The molecule has 0 saturated heterocycles. The average molecular weight is 399 g/mol. The Morgan fingerprint density at radius 1 is 0.862 bits per heavy atom. The van der Waals surface area contributed by atoms with E-state index in [9.17, 15) is 4.79 Å². The fourth-order valence-corrected chi connectivity index (χ4v) is 3.63. The van der Waals surface area contributed by atoms with E-state index < -0.39 is 0 Å². The number of hydrogen-bond donors (Lipinski definition) is 2. The topological polar surface area (TPSA) is 49.0 Å². The molecular formula is C24H17ClN3O+. The molecule has 29 heavy (non-hydrogen) atoms. The number of nitrogens with zero attached hydrogens (tertiary/aromatic N) is 1. The molecule has 1 amide bonds. The van der Waals surface area contributed by atoms with E-state index in [1.54, 1.807) is 24.3 Å². The molecule has 0 fully saturated rings. The van der Waals surface area contributed by atoms with Gasteiger partial charge in [-0.1, -0.05) is 54.1 Å². The number of anilines is 1. The van der Waals surface area contributed by atoms with Gasteiger partial charge in [0.1, 0.15) is 0 Å². The van der Waals surface area contributed by atoms with Crippen molar-refractivity contribution in [3.63, 3.8) is 0 Å². The lowest BCUT2D eigenvalue weighted by molar-refractivity contribution is -0.493. The van der Waals surface area contributed by atoms with Gasteiger partial charge in [-0.25, -0.2) is 9.72 Å². The standard InChI is InChI=1S/C24H16ClN3O/c25-20-12-10-17(11-13-20)24(29)27-23-22(26-21-7-3-4-14-28(21)23)19-9-8-16-5-1-2-6-18(16)15-19/h1-15H,(H,27,29)/p+1. The molecule has 0 spiro atoms. The Labute approximate surface area is 172 Å². The van der Waals surface area contributed by atoms with Crippen molar-refractivity contribution in [2.75, 3.05) is 5.32 Å². The third kappa shape index (κ3) is 3.24. The minimum atomic E-state index is -0.194. The number of rotatable bonds is 3. The van der Waals surface area contributed by atoms with Gasteiger partial charge in [0, 0.05) is 16.7 Å². The summed E-state index contributed by atoms with van der Waals surface area (Å²) in [6.07, 6.45) is 1.92.